The maximum Gasteiger partial charge on any atom is 0.246 e. The van der Waals surface area contributed by atoms with E-state index in [1.165, 1.54) is 27.7 Å². The van der Waals surface area contributed by atoms with Gasteiger partial charge in [0.05, 0.1) is 19.1 Å². The number of benzene rings is 3. The molecule has 2 amide bonds. The lowest BCUT2D eigenvalue weighted by molar-refractivity contribution is -0.134. The lowest BCUT2D eigenvalue weighted by atomic mass is 10.0. The number of hydrogen-bond donors (Lipinski definition) is 2. The third kappa shape index (κ3) is 7.86. The van der Waals surface area contributed by atoms with Crippen LogP contribution >= 0.6 is 0 Å². The highest BCUT2D eigenvalue weighted by molar-refractivity contribution is 5.91. The molecule has 44 heavy (non-hydrogen) atoms. The SMILES string of the molecule is C[C@@H]1CN([C@@H](C)CO)C(=O)Cc2cc(NC(=O)Cn3cnnn3)ccc2O[C@H]1CN(C)Cc1ccc(-c2ccccc2)cc1. The van der Waals surface area contributed by atoms with Crippen LogP contribution in [0, 0.1) is 5.92 Å². The number of aromatic nitrogens is 4. The quantitative estimate of drug-likeness (QED) is 0.285. The van der Waals surface area contributed by atoms with Crippen LogP contribution in [0.15, 0.2) is 79.1 Å². The van der Waals surface area contributed by atoms with Crippen molar-refractivity contribution in [2.45, 2.75) is 45.5 Å². The summed E-state index contributed by atoms with van der Waals surface area (Å²) in [7, 11) is 2.07. The van der Waals surface area contributed by atoms with Gasteiger partial charge in [0, 0.05) is 36.8 Å². The van der Waals surface area contributed by atoms with E-state index in [1.54, 1.807) is 17.0 Å². The Morgan fingerprint density at radius 3 is 2.57 bits per heavy atom. The number of carbonyl (C=O) groups is 2. The molecule has 1 aliphatic rings. The zero-order chi connectivity index (χ0) is 31.1. The summed E-state index contributed by atoms with van der Waals surface area (Å²) in [5.41, 5.74) is 4.76. The Balaban J connectivity index is 1.33. The zero-order valence-electron chi connectivity index (χ0n) is 25.3. The van der Waals surface area contributed by atoms with Gasteiger partial charge >= 0.3 is 0 Å². The van der Waals surface area contributed by atoms with Gasteiger partial charge in [0.15, 0.2) is 0 Å². The van der Waals surface area contributed by atoms with Crippen molar-refractivity contribution in [3.8, 4) is 16.9 Å². The van der Waals surface area contributed by atoms with Crippen LogP contribution in [0.25, 0.3) is 11.1 Å². The first kappa shape index (κ1) is 30.8. The number of ether oxygens (including phenoxy) is 1. The average molecular weight is 598 g/mol. The van der Waals surface area contributed by atoms with E-state index in [4.69, 9.17) is 4.74 Å². The van der Waals surface area contributed by atoms with Gasteiger partial charge in [0.25, 0.3) is 0 Å². The number of nitrogens with zero attached hydrogens (tertiary/aromatic N) is 6. The first-order valence-electron chi connectivity index (χ1n) is 14.8. The lowest BCUT2D eigenvalue weighted by Gasteiger charge is -2.34. The van der Waals surface area contributed by atoms with Crippen molar-refractivity contribution in [3.63, 3.8) is 0 Å². The third-order valence-corrected chi connectivity index (χ3v) is 7.90. The topological polar surface area (TPSA) is 126 Å². The zero-order valence-corrected chi connectivity index (χ0v) is 25.3. The molecular formula is C33H39N7O4. The molecule has 11 nitrogen and oxygen atoms in total. The molecule has 230 valence electrons. The monoisotopic (exact) mass is 597 g/mol. The van der Waals surface area contributed by atoms with Gasteiger partial charge < -0.3 is 20.1 Å². The van der Waals surface area contributed by atoms with Crippen LogP contribution in [0.5, 0.6) is 5.75 Å². The molecule has 0 bridgehead atoms. The summed E-state index contributed by atoms with van der Waals surface area (Å²) in [6.07, 6.45) is 1.21. The molecule has 0 aliphatic carbocycles. The largest absolute Gasteiger partial charge is 0.488 e. The van der Waals surface area contributed by atoms with Gasteiger partial charge in [-0.25, -0.2) is 4.68 Å². The van der Waals surface area contributed by atoms with Crippen LogP contribution in [0.1, 0.15) is 25.0 Å². The molecule has 0 unspecified atom stereocenters. The molecular weight excluding hydrogens is 558 g/mol. The van der Waals surface area contributed by atoms with Crippen LogP contribution in [-0.4, -0.2) is 85.8 Å². The Labute approximate surface area is 257 Å². The minimum atomic E-state index is -0.341. The fourth-order valence-corrected chi connectivity index (χ4v) is 5.44. The number of hydrogen-bond acceptors (Lipinski definition) is 8. The van der Waals surface area contributed by atoms with Gasteiger partial charge in [0.1, 0.15) is 24.7 Å². The van der Waals surface area contributed by atoms with E-state index in [-0.39, 0.29) is 49.5 Å². The van der Waals surface area contributed by atoms with E-state index in [9.17, 15) is 14.7 Å². The maximum atomic E-state index is 13.5. The standard InChI is InChI=1S/C33H39N7O4/c1-23-17-40(24(2)21-41)33(43)16-28-15-29(35-32(42)20-39-22-34-36-37-39)13-14-30(28)44-31(23)19-38(3)18-25-9-11-27(12-10-25)26-7-5-4-6-8-26/h4-15,22-24,31,41H,16-21H2,1-3H3,(H,35,42)/t23-,24+,31+/m1/s1. The maximum absolute atomic E-state index is 13.5. The summed E-state index contributed by atoms with van der Waals surface area (Å²) in [6.45, 7) is 5.56. The van der Waals surface area contributed by atoms with Crippen molar-refractivity contribution in [1.82, 2.24) is 30.0 Å². The number of fused-ring (bicyclic) bond motifs is 1. The molecule has 1 aromatic heterocycles. The molecule has 3 aromatic carbocycles. The number of likely N-dealkylation sites (N-methyl/N-ethyl adjacent to an activating group) is 1. The number of anilines is 1. The fourth-order valence-electron chi connectivity index (χ4n) is 5.44. The predicted octanol–water partition coefficient (Wildman–Crippen LogP) is 3.26. The summed E-state index contributed by atoms with van der Waals surface area (Å²) >= 11 is 0. The molecule has 0 spiro atoms. The summed E-state index contributed by atoms with van der Waals surface area (Å²) in [5, 5.41) is 23.6. The highest BCUT2D eigenvalue weighted by Gasteiger charge is 2.31. The molecule has 0 saturated carbocycles. The van der Waals surface area contributed by atoms with Gasteiger partial charge in [-0.15, -0.1) is 5.10 Å². The second kappa shape index (κ2) is 14.2. The Hall–Kier alpha value is -4.61. The highest BCUT2D eigenvalue weighted by Crippen LogP contribution is 2.29. The molecule has 0 fully saturated rings. The molecule has 2 heterocycles. The Bertz CT molecular complexity index is 1530. The van der Waals surface area contributed by atoms with Crippen LogP contribution in [0.3, 0.4) is 0 Å². The number of nitrogens with one attached hydrogen (secondary N) is 1. The van der Waals surface area contributed by atoms with E-state index in [1.807, 2.05) is 31.2 Å². The third-order valence-electron chi connectivity index (χ3n) is 7.90. The lowest BCUT2D eigenvalue weighted by Crippen LogP contribution is -2.47. The first-order valence-corrected chi connectivity index (χ1v) is 14.8. The van der Waals surface area contributed by atoms with Gasteiger partial charge in [-0.05, 0) is 59.3 Å². The van der Waals surface area contributed by atoms with Gasteiger partial charge in [0.2, 0.25) is 11.8 Å². The minimum absolute atomic E-state index is 0.0162. The van der Waals surface area contributed by atoms with Crippen LogP contribution in [-0.2, 0) is 29.1 Å². The Morgan fingerprint density at radius 2 is 1.86 bits per heavy atom. The van der Waals surface area contributed by atoms with Crippen LogP contribution in [0.2, 0.25) is 0 Å². The summed E-state index contributed by atoms with van der Waals surface area (Å²) in [6, 6.07) is 23.9. The van der Waals surface area contributed by atoms with Gasteiger partial charge in [-0.1, -0.05) is 61.5 Å². The number of carbonyl (C=O) groups excluding carboxylic acids is 2. The second-order valence-electron chi connectivity index (χ2n) is 11.5. The van der Waals surface area contributed by atoms with E-state index >= 15 is 0 Å². The van der Waals surface area contributed by atoms with Crippen molar-refractivity contribution in [3.05, 3.63) is 90.3 Å². The second-order valence-corrected chi connectivity index (χ2v) is 11.5. The molecule has 1 aliphatic heterocycles. The van der Waals surface area contributed by atoms with E-state index in [0.29, 0.717) is 30.1 Å². The smallest absolute Gasteiger partial charge is 0.246 e. The van der Waals surface area contributed by atoms with Crippen molar-refractivity contribution >= 4 is 17.5 Å². The summed E-state index contributed by atoms with van der Waals surface area (Å²) < 4.78 is 7.97. The van der Waals surface area contributed by atoms with Crippen molar-refractivity contribution in [2.24, 2.45) is 5.92 Å². The molecule has 3 atom stereocenters. The summed E-state index contributed by atoms with van der Waals surface area (Å²) in [5.74, 6) is 0.186. The summed E-state index contributed by atoms with van der Waals surface area (Å²) in [4.78, 5) is 30.0. The number of tetrazole rings is 1. The Morgan fingerprint density at radius 1 is 1.11 bits per heavy atom. The van der Waals surface area contributed by atoms with E-state index < -0.39 is 0 Å². The minimum Gasteiger partial charge on any atom is -0.488 e. The first-order chi connectivity index (χ1) is 21.3. The van der Waals surface area contributed by atoms with Crippen molar-refractivity contribution < 1.29 is 19.4 Å². The van der Waals surface area contributed by atoms with Crippen LogP contribution < -0.4 is 10.1 Å². The molecule has 0 saturated heterocycles. The molecule has 11 heteroatoms. The number of aliphatic hydroxyl groups is 1. The molecule has 5 rings (SSSR count). The fraction of sp³-hybridized carbons (Fsp3) is 0.364. The average Bonchev–Trinajstić information content (AvgIpc) is 3.54. The highest BCUT2D eigenvalue weighted by atomic mass is 16.5. The van der Waals surface area contributed by atoms with Crippen LogP contribution in [0.4, 0.5) is 5.69 Å². The molecule has 0 radical (unpaired) electrons. The predicted molar refractivity (Wildman–Crippen MR) is 167 cm³/mol. The van der Waals surface area contributed by atoms with Gasteiger partial charge in [-0.3, -0.25) is 14.5 Å². The molecule has 4 aromatic rings. The normalized spacial score (nSPS) is 17.7. The number of amides is 2. The van der Waals surface area contributed by atoms with E-state index in [2.05, 4.69) is 76.1 Å². The van der Waals surface area contributed by atoms with E-state index in [0.717, 1.165) is 6.54 Å². The van der Waals surface area contributed by atoms with Gasteiger partial charge in [-0.2, -0.15) is 0 Å². The number of rotatable bonds is 10. The number of aliphatic hydroxyl groups excluding tert-OH is 1. The van der Waals surface area contributed by atoms with Crippen molar-refractivity contribution in [1.29, 1.82) is 0 Å². The Kier molecular flexibility index (Phi) is 9.98. The van der Waals surface area contributed by atoms with Crippen molar-refractivity contribution in [2.75, 3.05) is 32.1 Å². The molecule has 2 N–H and O–H groups in total.